The van der Waals surface area contributed by atoms with Crippen molar-refractivity contribution in [3.8, 4) is 0 Å². The van der Waals surface area contributed by atoms with Crippen LogP contribution in [0.15, 0.2) is 0 Å². The molecule has 1 nitrogen and oxygen atoms in total. The van der Waals surface area contributed by atoms with Crippen LogP contribution in [0.25, 0.3) is 0 Å². The first-order valence-electron chi connectivity index (χ1n) is 9.09. The first-order valence-corrected chi connectivity index (χ1v) is 9.09. The van der Waals surface area contributed by atoms with Gasteiger partial charge in [-0.05, 0) is 37.8 Å². The van der Waals surface area contributed by atoms with Crippen molar-refractivity contribution >= 4 is 0 Å². The summed E-state index contributed by atoms with van der Waals surface area (Å²) in [5.41, 5.74) is 0. The molecule has 1 aliphatic rings. The first-order chi connectivity index (χ1) is 9.38. The predicted molar refractivity (Wildman–Crippen MR) is 86.6 cm³/mol. The van der Waals surface area contributed by atoms with E-state index in [1.165, 1.54) is 90.1 Å². The summed E-state index contributed by atoms with van der Waals surface area (Å²) >= 11 is 0. The van der Waals surface area contributed by atoms with Gasteiger partial charge in [-0.15, -0.1) is 0 Å². The van der Waals surface area contributed by atoms with Crippen LogP contribution >= 0.6 is 0 Å². The molecule has 0 radical (unpaired) electrons. The van der Waals surface area contributed by atoms with Gasteiger partial charge >= 0.3 is 0 Å². The zero-order valence-electron chi connectivity index (χ0n) is 13.6. The second-order valence-electron chi connectivity index (χ2n) is 6.57. The van der Waals surface area contributed by atoms with Crippen LogP contribution in [-0.4, -0.2) is 13.1 Å². The molecule has 0 aromatic rings. The van der Waals surface area contributed by atoms with Gasteiger partial charge in [0, 0.05) is 0 Å². The highest BCUT2D eigenvalue weighted by Crippen LogP contribution is 2.29. The van der Waals surface area contributed by atoms with Gasteiger partial charge in [0.05, 0.1) is 0 Å². The van der Waals surface area contributed by atoms with E-state index in [2.05, 4.69) is 19.2 Å². The highest BCUT2D eigenvalue weighted by molar-refractivity contribution is 4.76. The Kier molecular flexibility index (Phi) is 10.5. The number of piperidine rings is 1. The van der Waals surface area contributed by atoms with Crippen molar-refractivity contribution in [2.75, 3.05) is 13.1 Å². The SMILES string of the molecule is CCCCCCC(CCCCCC)C1CCCNC1. The Morgan fingerprint density at radius 1 is 0.895 bits per heavy atom. The van der Waals surface area contributed by atoms with E-state index >= 15 is 0 Å². The van der Waals surface area contributed by atoms with Crippen molar-refractivity contribution in [2.45, 2.75) is 90.9 Å². The Morgan fingerprint density at radius 3 is 2.00 bits per heavy atom. The summed E-state index contributed by atoms with van der Waals surface area (Å²) in [5, 5.41) is 3.62. The van der Waals surface area contributed by atoms with E-state index in [1.807, 2.05) is 0 Å². The molecule has 1 rings (SSSR count). The molecule has 0 spiro atoms. The molecule has 1 fully saturated rings. The fourth-order valence-corrected chi connectivity index (χ4v) is 3.56. The van der Waals surface area contributed by atoms with Gasteiger partial charge < -0.3 is 5.32 Å². The molecule has 0 bridgehead atoms. The number of hydrogen-bond acceptors (Lipinski definition) is 1. The number of rotatable bonds is 11. The van der Waals surface area contributed by atoms with E-state index in [1.54, 1.807) is 0 Å². The zero-order valence-corrected chi connectivity index (χ0v) is 13.6. The van der Waals surface area contributed by atoms with Crippen molar-refractivity contribution in [3.63, 3.8) is 0 Å². The lowest BCUT2D eigenvalue weighted by Crippen LogP contribution is -2.34. The van der Waals surface area contributed by atoms with Crippen LogP contribution < -0.4 is 5.32 Å². The molecule has 0 aromatic carbocycles. The van der Waals surface area contributed by atoms with Gasteiger partial charge in [0.1, 0.15) is 0 Å². The quantitative estimate of drug-likeness (QED) is 0.484. The van der Waals surface area contributed by atoms with Crippen LogP contribution in [0.3, 0.4) is 0 Å². The average molecular weight is 268 g/mol. The molecule has 0 aliphatic carbocycles. The lowest BCUT2D eigenvalue weighted by atomic mass is 9.80. The van der Waals surface area contributed by atoms with Crippen LogP contribution in [0.1, 0.15) is 90.9 Å². The molecule has 0 aromatic heterocycles. The fraction of sp³-hybridized carbons (Fsp3) is 1.00. The Hall–Kier alpha value is -0.0400. The predicted octanol–water partition coefficient (Wildman–Crippen LogP) is 5.54. The molecule has 1 atom stereocenters. The third-order valence-corrected chi connectivity index (χ3v) is 4.86. The summed E-state index contributed by atoms with van der Waals surface area (Å²) in [6.07, 6.45) is 17.4. The van der Waals surface area contributed by atoms with Gasteiger partial charge in [-0.25, -0.2) is 0 Å². The lowest BCUT2D eigenvalue weighted by Gasteiger charge is -2.31. The maximum Gasteiger partial charge on any atom is -0.00179 e. The monoisotopic (exact) mass is 267 g/mol. The molecule has 1 aliphatic heterocycles. The summed E-state index contributed by atoms with van der Waals surface area (Å²) in [6, 6.07) is 0. The molecular weight excluding hydrogens is 230 g/mol. The fourth-order valence-electron chi connectivity index (χ4n) is 3.56. The summed E-state index contributed by atoms with van der Waals surface area (Å²) < 4.78 is 0. The minimum atomic E-state index is 0.983. The second-order valence-corrected chi connectivity index (χ2v) is 6.57. The van der Waals surface area contributed by atoms with Crippen LogP contribution in [-0.2, 0) is 0 Å². The summed E-state index contributed by atoms with van der Waals surface area (Å²) in [7, 11) is 0. The molecular formula is C18H37N. The topological polar surface area (TPSA) is 12.0 Å². The molecule has 1 unspecified atom stereocenters. The van der Waals surface area contributed by atoms with Crippen molar-refractivity contribution in [1.82, 2.24) is 5.32 Å². The van der Waals surface area contributed by atoms with E-state index in [-0.39, 0.29) is 0 Å². The number of nitrogens with one attached hydrogen (secondary N) is 1. The minimum Gasteiger partial charge on any atom is -0.316 e. The minimum absolute atomic E-state index is 0.983. The Morgan fingerprint density at radius 2 is 1.53 bits per heavy atom. The molecule has 0 amide bonds. The Bertz CT molecular complexity index is 172. The van der Waals surface area contributed by atoms with Gasteiger partial charge in [0.25, 0.3) is 0 Å². The smallest absolute Gasteiger partial charge is 0.00179 e. The second kappa shape index (κ2) is 11.8. The van der Waals surface area contributed by atoms with Gasteiger partial charge in [0.15, 0.2) is 0 Å². The van der Waals surface area contributed by atoms with E-state index < -0.39 is 0 Å². The van der Waals surface area contributed by atoms with Crippen LogP contribution in [0.2, 0.25) is 0 Å². The van der Waals surface area contributed by atoms with E-state index in [4.69, 9.17) is 0 Å². The van der Waals surface area contributed by atoms with E-state index in [0.717, 1.165) is 11.8 Å². The summed E-state index contributed by atoms with van der Waals surface area (Å²) in [4.78, 5) is 0. The molecule has 1 saturated heterocycles. The van der Waals surface area contributed by atoms with Gasteiger partial charge in [-0.1, -0.05) is 78.1 Å². The van der Waals surface area contributed by atoms with E-state index in [9.17, 15) is 0 Å². The zero-order chi connectivity index (χ0) is 13.8. The molecule has 114 valence electrons. The Balaban J connectivity index is 2.24. The first kappa shape index (κ1) is 17.0. The van der Waals surface area contributed by atoms with Crippen LogP contribution in [0.5, 0.6) is 0 Å². The van der Waals surface area contributed by atoms with Crippen molar-refractivity contribution in [2.24, 2.45) is 11.8 Å². The summed E-state index contributed by atoms with van der Waals surface area (Å²) in [5.74, 6) is 2.00. The van der Waals surface area contributed by atoms with Crippen molar-refractivity contribution in [3.05, 3.63) is 0 Å². The maximum absolute atomic E-state index is 3.62. The Labute approximate surface area is 121 Å². The lowest BCUT2D eigenvalue weighted by molar-refractivity contribution is 0.228. The highest BCUT2D eigenvalue weighted by atomic mass is 14.9. The maximum atomic E-state index is 3.62. The number of unbranched alkanes of at least 4 members (excludes halogenated alkanes) is 6. The molecule has 1 N–H and O–H groups in total. The largest absolute Gasteiger partial charge is 0.316 e. The van der Waals surface area contributed by atoms with Crippen molar-refractivity contribution < 1.29 is 0 Å². The standard InChI is InChI=1S/C18H37N/c1-3-5-7-9-12-17(13-10-8-6-4-2)18-14-11-15-19-16-18/h17-19H,3-16H2,1-2H3. The molecule has 19 heavy (non-hydrogen) atoms. The number of hydrogen-bond donors (Lipinski definition) is 1. The molecule has 1 heteroatoms. The highest BCUT2D eigenvalue weighted by Gasteiger charge is 2.22. The third-order valence-electron chi connectivity index (χ3n) is 4.86. The van der Waals surface area contributed by atoms with Crippen LogP contribution in [0, 0.1) is 11.8 Å². The molecule has 0 saturated carbocycles. The third kappa shape index (κ3) is 7.97. The van der Waals surface area contributed by atoms with Gasteiger partial charge in [-0.2, -0.15) is 0 Å². The van der Waals surface area contributed by atoms with Crippen LogP contribution in [0.4, 0.5) is 0 Å². The van der Waals surface area contributed by atoms with Crippen molar-refractivity contribution in [1.29, 1.82) is 0 Å². The average Bonchev–Trinajstić information content (AvgIpc) is 2.46. The summed E-state index contributed by atoms with van der Waals surface area (Å²) in [6.45, 7) is 7.18. The normalized spacial score (nSPS) is 20.1. The van der Waals surface area contributed by atoms with Gasteiger partial charge in [-0.3, -0.25) is 0 Å². The van der Waals surface area contributed by atoms with Gasteiger partial charge in [0.2, 0.25) is 0 Å². The molecule has 1 heterocycles. The van der Waals surface area contributed by atoms with E-state index in [0.29, 0.717) is 0 Å².